The van der Waals surface area contributed by atoms with Crippen molar-refractivity contribution in [1.82, 2.24) is 10.2 Å². The molecule has 1 fully saturated rings. The van der Waals surface area contributed by atoms with Gasteiger partial charge in [0.2, 0.25) is 0 Å². The van der Waals surface area contributed by atoms with Crippen LogP contribution in [0.5, 0.6) is 0 Å². The zero-order chi connectivity index (χ0) is 12.8. The average molecular weight is 246 g/mol. The minimum absolute atomic E-state index is 0.182. The summed E-state index contributed by atoms with van der Waals surface area (Å²) in [6.45, 7) is 9.47. The van der Waals surface area contributed by atoms with Gasteiger partial charge in [-0.2, -0.15) is 0 Å². The van der Waals surface area contributed by atoms with Crippen LogP contribution in [0.15, 0.2) is 30.3 Å². The highest BCUT2D eigenvalue weighted by molar-refractivity contribution is 5.17. The smallest absolute Gasteiger partial charge is 0.0165 e. The van der Waals surface area contributed by atoms with Crippen LogP contribution in [0, 0.1) is 0 Å². The van der Waals surface area contributed by atoms with Crippen LogP contribution in [0.1, 0.15) is 32.3 Å². The maximum absolute atomic E-state index is 3.69. The lowest BCUT2D eigenvalue weighted by Gasteiger charge is -2.28. The van der Waals surface area contributed by atoms with E-state index in [-0.39, 0.29) is 5.54 Å². The summed E-state index contributed by atoms with van der Waals surface area (Å²) >= 11 is 0. The number of nitrogens with one attached hydrogen (secondary N) is 1. The summed E-state index contributed by atoms with van der Waals surface area (Å²) in [5.41, 5.74) is 1.59. The first-order valence-electron chi connectivity index (χ1n) is 7.17. The van der Waals surface area contributed by atoms with Gasteiger partial charge >= 0.3 is 0 Å². The van der Waals surface area contributed by atoms with Gasteiger partial charge in [0.25, 0.3) is 0 Å². The molecule has 0 aromatic heterocycles. The zero-order valence-electron chi connectivity index (χ0n) is 11.8. The van der Waals surface area contributed by atoms with Gasteiger partial charge in [0.05, 0.1) is 0 Å². The van der Waals surface area contributed by atoms with Gasteiger partial charge in [-0.05, 0) is 51.8 Å². The fourth-order valence-corrected chi connectivity index (χ4v) is 2.73. The third kappa shape index (κ3) is 4.43. The van der Waals surface area contributed by atoms with E-state index in [9.17, 15) is 0 Å². The summed E-state index contributed by atoms with van der Waals surface area (Å²) in [5, 5.41) is 3.69. The topological polar surface area (TPSA) is 15.3 Å². The van der Waals surface area contributed by atoms with Crippen LogP contribution in [0.2, 0.25) is 0 Å². The van der Waals surface area contributed by atoms with E-state index in [2.05, 4.69) is 54.4 Å². The molecule has 18 heavy (non-hydrogen) atoms. The molecule has 1 heterocycles. The SMILES string of the molecule is CC(C)(Cc1ccccc1)NCCN1CCCC1. The molecule has 0 atom stereocenters. The fourth-order valence-electron chi connectivity index (χ4n) is 2.73. The number of benzene rings is 1. The number of rotatable bonds is 6. The Morgan fingerprint density at radius 2 is 1.78 bits per heavy atom. The summed E-state index contributed by atoms with van der Waals surface area (Å²) in [4.78, 5) is 2.56. The molecule has 0 amide bonds. The van der Waals surface area contributed by atoms with Crippen molar-refractivity contribution in [3.63, 3.8) is 0 Å². The molecule has 0 unspecified atom stereocenters. The third-order valence-corrected chi connectivity index (χ3v) is 3.72. The van der Waals surface area contributed by atoms with Gasteiger partial charge < -0.3 is 10.2 Å². The molecule has 0 saturated carbocycles. The first-order valence-corrected chi connectivity index (χ1v) is 7.17. The molecule has 1 saturated heterocycles. The maximum atomic E-state index is 3.69. The summed E-state index contributed by atoms with van der Waals surface area (Å²) in [7, 11) is 0. The predicted octanol–water partition coefficient (Wildman–Crippen LogP) is 2.69. The van der Waals surface area contributed by atoms with E-state index in [4.69, 9.17) is 0 Å². The molecule has 0 aliphatic carbocycles. The van der Waals surface area contributed by atoms with Gasteiger partial charge in [0, 0.05) is 18.6 Å². The molecular weight excluding hydrogens is 220 g/mol. The molecule has 2 rings (SSSR count). The normalized spacial score (nSPS) is 17.2. The Morgan fingerprint density at radius 1 is 1.11 bits per heavy atom. The molecule has 100 valence electrons. The maximum Gasteiger partial charge on any atom is 0.0165 e. The molecular formula is C16H26N2. The zero-order valence-corrected chi connectivity index (χ0v) is 11.8. The molecule has 0 spiro atoms. The van der Waals surface area contributed by atoms with Gasteiger partial charge in [-0.25, -0.2) is 0 Å². The Kier molecular flexibility index (Phi) is 4.79. The number of hydrogen-bond donors (Lipinski definition) is 1. The highest BCUT2D eigenvalue weighted by Gasteiger charge is 2.18. The van der Waals surface area contributed by atoms with Crippen LogP contribution in [0.4, 0.5) is 0 Å². The molecule has 0 radical (unpaired) electrons. The summed E-state index contributed by atoms with van der Waals surface area (Å²) in [6.07, 6.45) is 3.86. The predicted molar refractivity (Wildman–Crippen MR) is 77.9 cm³/mol. The van der Waals surface area contributed by atoms with Gasteiger partial charge in [0.15, 0.2) is 0 Å². The van der Waals surface area contributed by atoms with Crippen molar-refractivity contribution in [1.29, 1.82) is 0 Å². The van der Waals surface area contributed by atoms with Crippen molar-refractivity contribution in [3.8, 4) is 0 Å². The summed E-state index contributed by atoms with van der Waals surface area (Å²) < 4.78 is 0. The molecule has 0 bridgehead atoms. The lowest BCUT2D eigenvalue weighted by molar-refractivity contribution is 0.303. The van der Waals surface area contributed by atoms with Crippen molar-refractivity contribution < 1.29 is 0 Å². The van der Waals surface area contributed by atoms with E-state index in [1.54, 1.807) is 0 Å². The quantitative estimate of drug-likeness (QED) is 0.830. The highest BCUT2D eigenvalue weighted by Crippen LogP contribution is 2.12. The highest BCUT2D eigenvalue weighted by atomic mass is 15.2. The van der Waals surface area contributed by atoms with Gasteiger partial charge in [-0.15, -0.1) is 0 Å². The Labute approximate surface area is 111 Å². The Hall–Kier alpha value is -0.860. The van der Waals surface area contributed by atoms with Gasteiger partial charge in [-0.1, -0.05) is 30.3 Å². The Morgan fingerprint density at radius 3 is 2.44 bits per heavy atom. The molecule has 2 heteroatoms. The molecule has 1 aliphatic heterocycles. The number of nitrogens with zero attached hydrogens (tertiary/aromatic N) is 1. The van der Waals surface area contributed by atoms with Gasteiger partial charge in [0.1, 0.15) is 0 Å². The standard InChI is InChI=1S/C16H26N2/c1-16(2,14-15-8-4-3-5-9-15)17-10-13-18-11-6-7-12-18/h3-5,8-9,17H,6-7,10-14H2,1-2H3. The van der Waals surface area contributed by atoms with Crippen LogP contribution in [0.25, 0.3) is 0 Å². The van der Waals surface area contributed by atoms with Crippen LogP contribution in [-0.2, 0) is 6.42 Å². The van der Waals surface area contributed by atoms with E-state index >= 15 is 0 Å². The first kappa shape index (κ1) is 13.6. The number of likely N-dealkylation sites (tertiary alicyclic amines) is 1. The van der Waals surface area contributed by atoms with Gasteiger partial charge in [-0.3, -0.25) is 0 Å². The van der Waals surface area contributed by atoms with Crippen molar-refractivity contribution >= 4 is 0 Å². The Balaban J connectivity index is 1.73. The molecule has 1 aromatic rings. The minimum Gasteiger partial charge on any atom is -0.310 e. The second kappa shape index (κ2) is 6.35. The third-order valence-electron chi connectivity index (χ3n) is 3.72. The van der Waals surface area contributed by atoms with E-state index in [0.29, 0.717) is 0 Å². The van der Waals surface area contributed by atoms with Crippen LogP contribution < -0.4 is 5.32 Å². The molecule has 1 aromatic carbocycles. The largest absolute Gasteiger partial charge is 0.310 e. The fraction of sp³-hybridized carbons (Fsp3) is 0.625. The molecule has 1 N–H and O–H groups in total. The van der Waals surface area contributed by atoms with E-state index in [0.717, 1.165) is 13.0 Å². The van der Waals surface area contributed by atoms with Crippen LogP contribution in [-0.4, -0.2) is 36.6 Å². The lowest BCUT2D eigenvalue weighted by Crippen LogP contribution is -2.44. The van der Waals surface area contributed by atoms with Crippen molar-refractivity contribution in [2.75, 3.05) is 26.2 Å². The van der Waals surface area contributed by atoms with Crippen molar-refractivity contribution in [3.05, 3.63) is 35.9 Å². The van der Waals surface area contributed by atoms with Crippen molar-refractivity contribution in [2.45, 2.75) is 38.6 Å². The van der Waals surface area contributed by atoms with E-state index < -0.39 is 0 Å². The molecule has 2 nitrogen and oxygen atoms in total. The van der Waals surface area contributed by atoms with E-state index in [1.807, 2.05) is 0 Å². The second-order valence-corrected chi connectivity index (χ2v) is 6.02. The van der Waals surface area contributed by atoms with E-state index in [1.165, 1.54) is 38.0 Å². The summed E-state index contributed by atoms with van der Waals surface area (Å²) in [6, 6.07) is 10.7. The Bertz CT molecular complexity index is 339. The summed E-state index contributed by atoms with van der Waals surface area (Å²) in [5.74, 6) is 0. The monoisotopic (exact) mass is 246 g/mol. The van der Waals surface area contributed by atoms with Crippen LogP contribution >= 0.6 is 0 Å². The van der Waals surface area contributed by atoms with Crippen molar-refractivity contribution in [2.24, 2.45) is 0 Å². The second-order valence-electron chi connectivity index (χ2n) is 6.02. The molecule has 1 aliphatic rings. The lowest BCUT2D eigenvalue weighted by atomic mass is 9.95. The minimum atomic E-state index is 0.182. The number of hydrogen-bond acceptors (Lipinski definition) is 2. The average Bonchev–Trinajstić information content (AvgIpc) is 2.82. The first-order chi connectivity index (χ1) is 8.66. The van der Waals surface area contributed by atoms with Crippen LogP contribution in [0.3, 0.4) is 0 Å².